The van der Waals surface area contributed by atoms with Gasteiger partial charge in [-0.1, -0.05) is 0 Å². The smallest absolute Gasteiger partial charge is 0.326 e. The van der Waals surface area contributed by atoms with E-state index in [1.54, 1.807) is 0 Å². The average molecular weight is 452 g/mol. The number of aliphatic hydroxyl groups excluding tert-OH is 1. The molecule has 0 fully saturated rings. The van der Waals surface area contributed by atoms with Gasteiger partial charge in [-0.25, -0.2) is 4.79 Å². The second kappa shape index (κ2) is 12.6. The molecule has 0 aliphatic heterocycles. The first-order valence-corrected chi connectivity index (χ1v) is 9.05. The van der Waals surface area contributed by atoms with E-state index < -0.39 is 78.7 Å². The Bertz CT molecular complexity index is 686. The topological polar surface area (TPSA) is 245 Å². The van der Waals surface area contributed by atoms with E-state index in [0.717, 1.165) is 0 Å². The fourth-order valence-electron chi connectivity index (χ4n) is 1.98. The van der Waals surface area contributed by atoms with Gasteiger partial charge in [0.05, 0.1) is 18.9 Å². The van der Waals surface area contributed by atoms with Gasteiger partial charge >= 0.3 is 17.9 Å². The van der Waals surface area contributed by atoms with E-state index in [1.807, 2.05) is 10.6 Å². The predicted octanol–water partition coefficient (Wildman–Crippen LogP) is -3.89. The highest BCUT2D eigenvalue weighted by Crippen LogP contribution is 2.01. The molecule has 0 aromatic carbocycles. The van der Waals surface area contributed by atoms with Gasteiger partial charge in [-0.3, -0.25) is 24.0 Å². The standard InChI is InChI=1S/C15H24N4O10S/c1-5(20)11(16)14(27)17-6(2-9(21)22)12(25)19-8(4-30)13(26)18-7(15(28)29)3-10(23)24/h5-8,11,20,30H,2-4,16H2,1H3,(H,17,27)(H,18,26)(H,19,25)(H,21,22)(H,23,24)(H,28,29). The number of aliphatic hydroxyl groups is 1. The first-order chi connectivity index (χ1) is 13.8. The number of rotatable bonds is 13. The Morgan fingerprint density at radius 1 is 0.800 bits per heavy atom. The van der Waals surface area contributed by atoms with Gasteiger partial charge in [-0.2, -0.15) is 12.6 Å². The molecule has 5 atom stereocenters. The summed E-state index contributed by atoms with van der Waals surface area (Å²) in [6, 6.07) is -6.39. The number of hydrogen-bond acceptors (Lipinski definition) is 9. The lowest BCUT2D eigenvalue weighted by atomic mass is 10.1. The van der Waals surface area contributed by atoms with Crippen molar-refractivity contribution in [3.05, 3.63) is 0 Å². The van der Waals surface area contributed by atoms with Crippen LogP contribution in [0.5, 0.6) is 0 Å². The minimum absolute atomic E-state index is 0.363. The van der Waals surface area contributed by atoms with Crippen LogP contribution >= 0.6 is 12.6 Å². The molecule has 0 saturated heterocycles. The van der Waals surface area contributed by atoms with Gasteiger partial charge in [0.25, 0.3) is 0 Å². The maximum atomic E-state index is 12.4. The minimum Gasteiger partial charge on any atom is -0.481 e. The molecule has 3 amide bonds. The zero-order valence-electron chi connectivity index (χ0n) is 15.8. The van der Waals surface area contributed by atoms with Crippen LogP contribution in [0, 0.1) is 0 Å². The third-order valence-corrected chi connectivity index (χ3v) is 4.01. The lowest BCUT2D eigenvalue weighted by molar-refractivity contribution is -0.147. The van der Waals surface area contributed by atoms with Crippen LogP contribution in [0.1, 0.15) is 19.8 Å². The molecule has 30 heavy (non-hydrogen) atoms. The average Bonchev–Trinajstić information content (AvgIpc) is 2.62. The monoisotopic (exact) mass is 452 g/mol. The fraction of sp³-hybridized carbons (Fsp3) is 0.600. The molecule has 0 rings (SSSR count). The van der Waals surface area contributed by atoms with Crippen molar-refractivity contribution in [1.29, 1.82) is 0 Å². The fourth-order valence-corrected chi connectivity index (χ4v) is 2.24. The van der Waals surface area contributed by atoms with E-state index in [0.29, 0.717) is 0 Å². The largest absolute Gasteiger partial charge is 0.481 e. The SMILES string of the molecule is CC(O)C(N)C(=O)NC(CC(=O)O)C(=O)NC(CS)C(=O)NC(CC(=O)O)C(=O)O. The zero-order chi connectivity index (χ0) is 23.6. The molecule has 0 aromatic rings. The van der Waals surface area contributed by atoms with Gasteiger partial charge in [-0.15, -0.1) is 0 Å². The molecule has 0 spiro atoms. The van der Waals surface area contributed by atoms with E-state index in [4.69, 9.17) is 21.1 Å². The normalized spacial score (nSPS) is 15.6. The van der Waals surface area contributed by atoms with E-state index >= 15 is 0 Å². The maximum absolute atomic E-state index is 12.4. The van der Waals surface area contributed by atoms with Crippen LogP contribution in [-0.4, -0.2) is 92.1 Å². The van der Waals surface area contributed by atoms with E-state index in [9.17, 15) is 33.9 Å². The quantitative estimate of drug-likeness (QED) is 0.122. The van der Waals surface area contributed by atoms with E-state index in [1.165, 1.54) is 6.92 Å². The molecule has 0 radical (unpaired) electrons. The van der Waals surface area contributed by atoms with Crippen molar-refractivity contribution in [3.63, 3.8) is 0 Å². The van der Waals surface area contributed by atoms with Crippen LogP contribution in [0.25, 0.3) is 0 Å². The van der Waals surface area contributed by atoms with Crippen LogP contribution < -0.4 is 21.7 Å². The summed E-state index contributed by atoms with van der Waals surface area (Å²) in [5.41, 5.74) is 5.42. The summed E-state index contributed by atoms with van der Waals surface area (Å²) in [4.78, 5) is 69.2. The van der Waals surface area contributed by atoms with Crippen LogP contribution in [-0.2, 0) is 28.8 Å². The molecule has 0 saturated carbocycles. The second-order valence-corrected chi connectivity index (χ2v) is 6.53. The van der Waals surface area contributed by atoms with Crippen LogP contribution in [0.4, 0.5) is 0 Å². The van der Waals surface area contributed by atoms with Gasteiger partial charge in [0, 0.05) is 5.75 Å². The van der Waals surface area contributed by atoms with Crippen LogP contribution in [0.15, 0.2) is 0 Å². The predicted molar refractivity (Wildman–Crippen MR) is 101 cm³/mol. The summed E-state index contributed by atoms with van der Waals surface area (Å²) >= 11 is 3.85. The van der Waals surface area contributed by atoms with Crippen molar-refractivity contribution in [2.75, 3.05) is 5.75 Å². The summed E-state index contributed by atoms with van der Waals surface area (Å²) in [5, 5.41) is 41.9. The summed E-state index contributed by atoms with van der Waals surface area (Å²) in [5.74, 6) is -8.19. The third-order valence-electron chi connectivity index (χ3n) is 3.64. The molecule has 9 N–H and O–H groups in total. The summed E-state index contributed by atoms with van der Waals surface area (Å²) < 4.78 is 0. The molecule has 0 aromatic heterocycles. The van der Waals surface area contributed by atoms with Crippen molar-refractivity contribution in [1.82, 2.24) is 16.0 Å². The van der Waals surface area contributed by atoms with Gasteiger partial charge in [0.2, 0.25) is 17.7 Å². The van der Waals surface area contributed by atoms with Crippen molar-refractivity contribution >= 4 is 48.3 Å². The number of amides is 3. The first-order valence-electron chi connectivity index (χ1n) is 8.42. The molecule has 5 unspecified atom stereocenters. The van der Waals surface area contributed by atoms with Crippen molar-refractivity contribution < 1.29 is 49.2 Å². The van der Waals surface area contributed by atoms with E-state index in [-0.39, 0.29) is 5.75 Å². The minimum atomic E-state index is -1.78. The molecule has 0 bridgehead atoms. The number of carbonyl (C=O) groups excluding carboxylic acids is 3. The number of carboxylic acid groups (broad SMARTS) is 3. The molecular weight excluding hydrogens is 428 g/mol. The van der Waals surface area contributed by atoms with Crippen molar-refractivity contribution in [2.45, 2.75) is 50.0 Å². The molecule has 170 valence electrons. The van der Waals surface area contributed by atoms with Crippen molar-refractivity contribution in [2.24, 2.45) is 5.73 Å². The Labute approximate surface area is 175 Å². The number of nitrogens with one attached hydrogen (secondary N) is 3. The van der Waals surface area contributed by atoms with Gasteiger partial charge in [0.1, 0.15) is 24.2 Å². The molecule has 15 heteroatoms. The summed E-state index contributed by atoms with van der Waals surface area (Å²) in [6.07, 6.45) is -3.11. The third kappa shape index (κ3) is 9.53. The number of hydrogen-bond donors (Lipinski definition) is 9. The van der Waals surface area contributed by atoms with Crippen LogP contribution in [0.2, 0.25) is 0 Å². The second-order valence-electron chi connectivity index (χ2n) is 6.17. The number of nitrogens with two attached hydrogens (primary N) is 1. The number of aliphatic carboxylic acids is 3. The molecular formula is C15H24N4O10S. The maximum Gasteiger partial charge on any atom is 0.326 e. The van der Waals surface area contributed by atoms with E-state index in [2.05, 4.69) is 17.9 Å². The molecule has 0 aliphatic carbocycles. The zero-order valence-corrected chi connectivity index (χ0v) is 16.7. The highest BCUT2D eigenvalue weighted by Gasteiger charge is 2.32. The molecule has 14 nitrogen and oxygen atoms in total. The highest BCUT2D eigenvalue weighted by molar-refractivity contribution is 7.80. The number of carboxylic acids is 3. The highest BCUT2D eigenvalue weighted by atomic mass is 32.1. The Balaban J connectivity index is 5.29. The van der Waals surface area contributed by atoms with Crippen LogP contribution in [0.3, 0.4) is 0 Å². The van der Waals surface area contributed by atoms with Crippen molar-refractivity contribution in [3.8, 4) is 0 Å². The molecule has 0 heterocycles. The number of thiol groups is 1. The molecule has 0 aliphatic rings. The Morgan fingerprint density at radius 3 is 1.60 bits per heavy atom. The Hall–Kier alpha value is -2.91. The lowest BCUT2D eigenvalue weighted by Gasteiger charge is -2.24. The summed E-state index contributed by atoms with van der Waals surface area (Å²) in [7, 11) is 0. The number of carbonyl (C=O) groups is 6. The summed E-state index contributed by atoms with van der Waals surface area (Å²) in [6.45, 7) is 1.20. The van der Waals surface area contributed by atoms with Gasteiger partial charge in [0.15, 0.2) is 0 Å². The van der Waals surface area contributed by atoms with Gasteiger partial charge in [-0.05, 0) is 6.92 Å². The lowest BCUT2D eigenvalue weighted by Crippen LogP contribution is -2.59. The first kappa shape index (κ1) is 27.1. The Kier molecular flexibility index (Phi) is 11.4. The van der Waals surface area contributed by atoms with Gasteiger partial charge < -0.3 is 42.1 Å². The Morgan fingerprint density at radius 2 is 1.20 bits per heavy atom.